The first kappa shape index (κ1) is 18.5. The van der Waals surface area contributed by atoms with Gasteiger partial charge in [0.05, 0.1) is 3.79 Å². The molecule has 5 nitrogen and oxygen atoms in total. The zero-order valence-corrected chi connectivity index (χ0v) is 15.5. The summed E-state index contributed by atoms with van der Waals surface area (Å²) >= 11 is 5.10. The molecule has 0 saturated heterocycles. The monoisotopic (exact) mass is 410 g/mol. The molecular weight excluding hydrogens is 392 g/mol. The Hall–Kier alpha value is -1.86. The van der Waals surface area contributed by atoms with Gasteiger partial charge in [-0.25, -0.2) is 0 Å². The van der Waals surface area contributed by atoms with E-state index in [1.54, 1.807) is 23.5 Å². The Balaban J connectivity index is 1.57. The Kier molecular flexibility index (Phi) is 7.27. The number of thiophene rings is 1. The summed E-state index contributed by atoms with van der Waals surface area (Å²) in [6, 6.07) is 10.1. The number of phenols is 1. The van der Waals surface area contributed by atoms with Crippen LogP contribution in [-0.4, -0.2) is 30.0 Å². The van der Waals surface area contributed by atoms with Gasteiger partial charge in [-0.2, -0.15) is 0 Å². The lowest BCUT2D eigenvalue weighted by Crippen LogP contribution is -2.34. The smallest absolute Gasteiger partial charge is 0.251 e. The van der Waals surface area contributed by atoms with Crippen molar-refractivity contribution >= 4 is 39.1 Å². The van der Waals surface area contributed by atoms with E-state index in [4.69, 9.17) is 0 Å². The number of aryl methyl sites for hydroxylation is 1. The van der Waals surface area contributed by atoms with Gasteiger partial charge in [-0.05, 0) is 65.2 Å². The highest BCUT2D eigenvalue weighted by Gasteiger charge is 2.06. The van der Waals surface area contributed by atoms with Crippen molar-refractivity contribution in [3.8, 4) is 5.75 Å². The summed E-state index contributed by atoms with van der Waals surface area (Å²) in [5, 5.41) is 14.7. The lowest BCUT2D eigenvalue weighted by Gasteiger charge is -2.07. The van der Waals surface area contributed by atoms with Crippen LogP contribution >= 0.6 is 27.3 Å². The number of rotatable bonds is 8. The molecule has 0 fully saturated rings. The molecule has 0 atom stereocenters. The van der Waals surface area contributed by atoms with E-state index in [0.717, 1.165) is 16.6 Å². The molecule has 0 aliphatic heterocycles. The molecular formula is C17H19BrN2O3S. The number of benzene rings is 1. The summed E-state index contributed by atoms with van der Waals surface area (Å²) in [6.07, 6.45) is 2.17. The minimum Gasteiger partial charge on any atom is -0.508 e. The summed E-state index contributed by atoms with van der Waals surface area (Å²) < 4.78 is 1.10. The molecule has 1 aromatic heterocycles. The van der Waals surface area contributed by atoms with Crippen molar-refractivity contribution in [2.24, 2.45) is 0 Å². The standard InChI is InChI=1S/C17H19BrN2O3S/c18-15-9-8-14(24-15)2-1-3-16(22)19-10-11-20-17(23)12-4-6-13(21)7-5-12/h4-9,21H,1-3,10-11H2,(H,19,22)(H,20,23). The summed E-state index contributed by atoms with van der Waals surface area (Å²) in [5.74, 6) is -0.120. The van der Waals surface area contributed by atoms with Crippen LogP contribution in [-0.2, 0) is 11.2 Å². The lowest BCUT2D eigenvalue weighted by molar-refractivity contribution is -0.121. The van der Waals surface area contributed by atoms with Gasteiger partial charge in [0.1, 0.15) is 5.75 Å². The third-order valence-electron chi connectivity index (χ3n) is 3.32. The molecule has 3 N–H and O–H groups in total. The van der Waals surface area contributed by atoms with Crippen molar-refractivity contribution in [1.29, 1.82) is 0 Å². The number of hydrogen-bond donors (Lipinski definition) is 3. The fourth-order valence-electron chi connectivity index (χ4n) is 2.09. The highest BCUT2D eigenvalue weighted by atomic mass is 79.9. The number of nitrogens with one attached hydrogen (secondary N) is 2. The van der Waals surface area contributed by atoms with Crippen LogP contribution in [0.5, 0.6) is 5.75 Å². The third-order valence-corrected chi connectivity index (χ3v) is 5.00. The quantitative estimate of drug-likeness (QED) is 0.585. The molecule has 0 saturated carbocycles. The first-order chi connectivity index (χ1) is 11.5. The fourth-order valence-corrected chi connectivity index (χ4v) is 3.62. The zero-order chi connectivity index (χ0) is 17.4. The van der Waals surface area contributed by atoms with Crippen molar-refractivity contribution in [2.45, 2.75) is 19.3 Å². The average molecular weight is 411 g/mol. The maximum atomic E-state index is 11.8. The fraction of sp³-hybridized carbons (Fsp3) is 0.294. The van der Waals surface area contributed by atoms with Crippen molar-refractivity contribution in [2.75, 3.05) is 13.1 Å². The molecule has 0 aliphatic carbocycles. The molecule has 128 valence electrons. The van der Waals surface area contributed by atoms with Crippen LogP contribution in [0.4, 0.5) is 0 Å². The van der Waals surface area contributed by atoms with E-state index in [2.05, 4.69) is 32.6 Å². The predicted molar refractivity (Wildman–Crippen MR) is 98.4 cm³/mol. The van der Waals surface area contributed by atoms with Gasteiger partial charge in [0, 0.05) is 30.0 Å². The van der Waals surface area contributed by atoms with E-state index >= 15 is 0 Å². The SMILES string of the molecule is O=C(CCCc1ccc(Br)s1)NCCNC(=O)c1ccc(O)cc1. The normalized spacial score (nSPS) is 10.4. The molecule has 0 spiro atoms. The van der Waals surface area contributed by atoms with E-state index in [9.17, 15) is 14.7 Å². The molecule has 0 radical (unpaired) electrons. The number of aromatic hydroxyl groups is 1. The van der Waals surface area contributed by atoms with Gasteiger partial charge in [-0.15, -0.1) is 11.3 Å². The van der Waals surface area contributed by atoms with Crippen molar-refractivity contribution in [3.05, 3.63) is 50.6 Å². The molecule has 0 aliphatic rings. The molecule has 2 rings (SSSR count). The summed E-state index contributed by atoms with van der Waals surface area (Å²) in [4.78, 5) is 24.8. The van der Waals surface area contributed by atoms with Crippen LogP contribution in [0.2, 0.25) is 0 Å². The topological polar surface area (TPSA) is 78.4 Å². The number of amides is 2. The highest BCUT2D eigenvalue weighted by molar-refractivity contribution is 9.11. The second kappa shape index (κ2) is 9.44. The average Bonchev–Trinajstić information content (AvgIpc) is 2.97. The van der Waals surface area contributed by atoms with Crippen LogP contribution < -0.4 is 10.6 Å². The van der Waals surface area contributed by atoms with Crippen molar-refractivity contribution in [3.63, 3.8) is 0 Å². The third kappa shape index (κ3) is 6.33. The van der Waals surface area contributed by atoms with Gasteiger partial charge in [-0.3, -0.25) is 9.59 Å². The number of phenolic OH excluding ortho intramolecular Hbond substituents is 1. The van der Waals surface area contributed by atoms with E-state index in [-0.39, 0.29) is 17.6 Å². The Labute approximate surface area is 153 Å². The van der Waals surface area contributed by atoms with Crippen LogP contribution in [0.1, 0.15) is 28.1 Å². The van der Waals surface area contributed by atoms with E-state index < -0.39 is 0 Å². The zero-order valence-electron chi connectivity index (χ0n) is 13.0. The number of hydrogen-bond acceptors (Lipinski definition) is 4. The van der Waals surface area contributed by atoms with Gasteiger partial charge in [0.15, 0.2) is 0 Å². The van der Waals surface area contributed by atoms with Crippen LogP contribution in [0, 0.1) is 0 Å². The molecule has 2 amide bonds. The second-order valence-corrected chi connectivity index (χ2v) is 7.76. The van der Waals surface area contributed by atoms with E-state index in [0.29, 0.717) is 25.1 Å². The van der Waals surface area contributed by atoms with Gasteiger partial charge in [0.2, 0.25) is 5.91 Å². The Morgan fingerprint density at radius 3 is 2.42 bits per heavy atom. The molecule has 0 bridgehead atoms. The Morgan fingerprint density at radius 1 is 1.04 bits per heavy atom. The maximum absolute atomic E-state index is 11.8. The summed E-state index contributed by atoms with van der Waals surface area (Å²) in [6.45, 7) is 0.760. The van der Waals surface area contributed by atoms with Gasteiger partial charge in [-0.1, -0.05) is 0 Å². The summed E-state index contributed by atoms with van der Waals surface area (Å²) in [7, 11) is 0. The van der Waals surface area contributed by atoms with Gasteiger partial charge in [0.25, 0.3) is 5.91 Å². The number of carbonyl (C=O) groups is 2. The van der Waals surface area contributed by atoms with Crippen LogP contribution in [0.25, 0.3) is 0 Å². The summed E-state index contributed by atoms with van der Waals surface area (Å²) in [5.41, 5.74) is 0.473. The minimum atomic E-state index is -0.229. The first-order valence-corrected chi connectivity index (χ1v) is 9.23. The van der Waals surface area contributed by atoms with E-state index in [1.165, 1.54) is 17.0 Å². The highest BCUT2D eigenvalue weighted by Crippen LogP contribution is 2.23. The van der Waals surface area contributed by atoms with Crippen molar-refractivity contribution in [1.82, 2.24) is 10.6 Å². The molecule has 24 heavy (non-hydrogen) atoms. The largest absolute Gasteiger partial charge is 0.508 e. The van der Waals surface area contributed by atoms with Gasteiger partial charge < -0.3 is 15.7 Å². The maximum Gasteiger partial charge on any atom is 0.251 e. The van der Waals surface area contributed by atoms with Crippen LogP contribution in [0.3, 0.4) is 0 Å². The first-order valence-electron chi connectivity index (χ1n) is 7.63. The Morgan fingerprint density at radius 2 is 1.75 bits per heavy atom. The Bertz CT molecular complexity index is 685. The minimum absolute atomic E-state index is 0.00972. The lowest BCUT2D eigenvalue weighted by atomic mass is 10.2. The molecule has 1 aromatic carbocycles. The van der Waals surface area contributed by atoms with Crippen LogP contribution in [0.15, 0.2) is 40.2 Å². The van der Waals surface area contributed by atoms with E-state index in [1.807, 2.05) is 6.07 Å². The van der Waals surface area contributed by atoms with Gasteiger partial charge >= 0.3 is 0 Å². The number of carbonyl (C=O) groups excluding carboxylic acids is 2. The van der Waals surface area contributed by atoms with Crippen molar-refractivity contribution < 1.29 is 14.7 Å². The number of halogens is 1. The molecule has 1 heterocycles. The second-order valence-electron chi connectivity index (χ2n) is 5.21. The predicted octanol–water partition coefficient (Wildman–Crippen LogP) is 3.09. The molecule has 7 heteroatoms. The molecule has 0 unspecified atom stereocenters. The molecule has 2 aromatic rings.